The zero-order chi connectivity index (χ0) is 20.2. The molecule has 1 aliphatic heterocycles. The topological polar surface area (TPSA) is 52.7 Å². The molecule has 0 aliphatic carbocycles. The Morgan fingerprint density at radius 1 is 0.889 bits per heavy atom. The second-order valence-electron chi connectivity index (χ2n) is 9.53. The lowest BCUT2D eigenvalue weighted by Crippen LogP contribution is -2.49. The van der Waals surface area contributed by atoms with Gasteiger partial charge in [-0.1, -0.05) is 45.0 Å². The molecule has 1 aromatic rings. The van der Waals surface area contributed by atoms with Crippen molar-refractivity contribution in [2.24, 2.45) is 0 Å². The summed E-state index contributed by atoms with van der Waals surface area (Å²) in [7, 11) is 0. The maximum Gasteiger partial charge on any atom is 0.317 e. The Bertz CT molecular complexity index is 654. The van der Waals surface area contributed by atoms with E-state index in [-0.39, 0.29) is 22.9 Å². The molecule has 3 amide bonds. The molecule has 0 atom stereocenters. The quantitative estimate of drug-likeness (QED) is 0.862. The predicted octanol–water partition coefficient (Wildman–Crippen LogP) is 3.57. The van der Waals surface area contributed by atoms with Gasteiger partial charge in [-0.05, 0) is 43.7 Å². The Kier molecular flexibility index (Phi) is 6.55. The second-order valence-corrected chi connectivity index (χ2v) is 9.53. The van der Waals surface area contributed by atoms with E-state index in [2.05, 4.69) is 50.4 Å². The number of rotatable bonds is 2. The van der Waals surface area contributed by atoms with Crippen molar-refractivity contribution in [3.8, 4) is 0 Å². The number of hydrogen-bond acceptors (Lipinski definition) is 2. The van der Waals surface area contributed by atoms with Crippen molar-refractivity contribution in [3.05, 3.63) is 35.4 Å². The molecule has 5 heteroatoms. The van der Waals surface area contributed by atoms with Crippen LogP contribution in [0, 0.1) is 0 Å². The third-order valence-corrected chi connectivity index (χ3v) is 4.79. The smallest absolute Gasteiger partial charge is 0.317 e. The SMILES string of the molecule is CC(C)(C)NC(=O)N1CCCN(C(=O)Cc2ccc(C(C)(C)C)cc2)CC1. The highest BCUT2D eigenvalue weighted by Gasteiger charge is 2.24. The van der Waals surface area contributed by atoms with E-state index in [0.29, 0.717) is 32.6 Å². The Morgan fingerprint density at radius 3 is 2.00 bits per heavy atom. The van der Waals surface area contributed by atoms with Gasteiger partial charge in [-0.2, -0.15) is 0 Å². The highest BCUT2D eigenvalue weighted by Crippen LogP contribution is 2.22. The van der Waals surface area contributed by atoms with Crippen LogP contribution < -0.4 is 5.32 Å². The maximum absolute atomic E-state index is 12.7. The molecule has 1 N–H and O–H groups in total. The molecule has 1 aromatic carbocycles. The van der Waals surface area contributed by atoms with E-state index in [1.54, 1.807) is 0 Å². The van der Waals surface area contributed by atoms with Gasteiger partial charge in [0.05, 0.1) is 6.42 Å². The van der Waals surface area contributed by atoms with Crippen molar-refractivity contribution < 1.29 is 9.59 Å². The molecule has 1 heterocycles. The number of amides is 3. The molecule has 0 saturated carbocycles. The lowest BCUT2D eigenvalue weighted by molar-refractivity contribution is -0.130. The van der Waals surface area contributed by atoms with E-state index in [1.165, 1.54) is 5.56 Å². The fourth-order valence-electron chi connectivity index (χ4n) is 3.18. The summed E-state index contributed by atoms with van der Waals surface area (Å²) in [6.45, 7) is 15.1. The molecule has 1 fully saturated rings. The molecule has 5 nitrogen and oxygen atoms in total. The van der Waals surface area contributed by atoms with Gasteiger partial charge >= 0.3 is 6.03 Å². The summed E-state index contributed by atoms with van der Waals surface area (Å²) < 4.78 is 0. The van der Waals surface area contributed by atoms with Crippen molar-refractivity contribution in [1.82, 2.24) is 15.1 Å². The maximum atomic E-state index is 12.7. The Hall–Kier alpha value is -2.04. The summed E-state index contributed by atoms with van der Waals surface area (Å²) in [6.07, 6.45) is 1.23. The van der Waals surface area contributed by atoms with Crippen LogP contribution in [0.4, 0.5) is 4.79 Å². The van der Waals surface area contributed by atoms with Crippen LogP contribution >= 0.6 is 0 Å². The van der Waals surface area contributed by atoms with Crippen LogP contribution in [0.2, 0.25) is 0 Å². The van der Waals surface area contributed by atoms with Crippen molar-refractivity contribution in [2.45, 2.75) is 65.3 Å². The molecule has 0 bridgehead atoms. The van der Waals surface area contributed by atoms with Gasteiger partial charge in [0.15, 0.2) is 0 Å². The minimum absolute atomic E-state index is 0.0467. The molecule has 27 heavy (non-hydrogen) atoms. The van der Waals surface area contributed by atoms with Gasteiger partial charge in [-0.3, -0.25) is 4.79 Å². The van der Waals surface area contributed by atoms with Crippen molar-refractivity contribution >= 4 is 11.9 Å². The number of hydrogen-bond donors (Lipinski definition) is 1. The number of carbonyl (C=O) groups excluding carboxylic acids is 2. The van der Waals surface area contributed by atoms with Crippen LogP contribution in [0.25, 0.3) is 0 Å². The van der Waals surface area contributed by atoms with Gasteiger partial charge in [-0.15, -0.1) is 0 Å². The summed E-state index contributed by atoms with van der Waals surface area (Å²) in [5, 5.41) is 3.00. The molecule has 0 unspecified atom stereocenters. The third-order valence-electron chi connectivity index (χ3n) is 4.79. The first-order valence-electron chi connectivity index (χ1n) is 9.90. The zero-order valence-corrected chi connectivity index (χ0v) is 17.8. The molecule has 0 aromatic heterocycles. The monoisotopic (exact) mass is 373 g/mol. The van der Waals surface area contributed by atoms with Crippen LogP contribution in [0.5, 0.6) is 0 Å². The molecule has 1 saturated heterocycles. The number of urea groups is 1. The molecule has 0 spiro atoms. The van der Waals surface area contributed by atoms with Gasteiger partial charge in [0.2, 0.25) is 5.91 Å². The van der Waals surface area contributed by atoms with Crippen LogP contribution in [0.3, 0.4) is 0 Å². The lowest BCUT2D eigenvalue weighted by atomic mass is 9.86. The van der Waals surface area contributed by atoms with Gasteiger partial charge in [-0.25, -0.2) is 4.79 Å². The summed E-state index contributed by atoms with van der Waals surface area (Å²) in [6, 6.07) is 8.29. The first-order valence-corrected chi connectivity index (χ1v) is 9.90. The fourth-order valence-corrected chi connectivity index (χ4v) is 3.18. The van der Waals surface area contributed by atoms with E-state index in [0.717, 1.165) is 12.0 Å². The van der Waals surface area contributed by atoms with Crippen LogP contribution in [0.1, 0.15) is 59.1 Å². The molecule has 2 rings (SSSR count). The molecular formula is C22H35N3O2. The van der Waals surface area contributed by atoms with E-state index >= 15 is 0 Å². The minimum Gasteiger partial charge on any atom is -0.341 e. The summed E-state index contributed by atoms with van der Waals surface area (Å²) >= 11 is 0. The van der Waals surface area contributed by atoms with Gasteiger partial charge in [0, 0.05) is 31.7 Å². The van der Waals surface area contributed by atoms with Crippen molar-refractivity contribution in [2.75, 3.05) is 26.2 Å². The fraction of sp³-hybridized carbons (Fsp3) is 0.636. The average Bonchev–Trinajstić information content (AvgIpc) is 2.79. The average molecular weight is 374 g/mol. The molecule has 0 radical (unpaired) electrons. The Morgan fingerprint density at radius 2 is 1.44 bits per heavy atom. The Balaban J connectivity index is 1.91. The van der Waals surface area contributed by atoms with Gasteiger partial charge in [0.25, 0.3) is 0 Å². The number of nitrogens with one attached hydrogen (secondary N) is 1. The molecule has 1 aliphatic rings. The Labute approximate surface area is 164 Å². The van der Waals surface area contributed by atoms with E-state index in [9.17, 15) is 9.59 Å². The zero-order valence-electron chi connectivity index (χ0n) is 17.8. The van der Waals surface area contributed by atoms with Gasteiger partial charge in [0.1, 0.15) is 0 Å². The van der Waals surface area contributed by atoms with Crippen LogP contribution in [0.15, 0.2) is 24.3 Å². The third kappa shape index (κ3) is 6.56. The predicted molar refractivity (Wildman–Crippen MR) is 110 cm³/mol. The van der Waals surface area contributed by atoms with Crippen LogP contribution in [-0.2, 0) is 16.6 Å². The van der Waals surface area contributed by atoms with Crippen LogP contribution in [-0.4, -0.2) is 53.5 Å². The summed E-state index contributed by atoms with van der Waals surface area (Å²) in [5.41, 5.74) is 2.18. The highest BCUT2D eigenvalue weighted by atomic mass is 16.2. The minimum atomic E-state index is -0.252. The van der Waals surface area contributed by atoms with E-state index in [1.807, 2.05) is 30.6 Å². The van der Waals surface area contributed by atoms with Crippen molar-refractivity contribution in [1.29, 1.82) is 0 Å². The largest absolute Gasteiger partial charge is 0.341 e. The summed E-state index contributed by atoms with van der Waals surface area (Å²) in [4.78, 5) is 28.8. The lowest BCUT2D eigenvalue weighted by Gasteiger charge is -2.27. The standard InChI is InChI=1S/C22H35N3O2/c1-21(2,3)18-10-8-17(9-11-18)16-19(26)24-12-7-13-25(15-14-24)20(27)23-22(4,5)6/h8-11H,7,12-16H2,1-6H3,(H,23,27). The number of benzene rings is 1. The van der Waals surface area contributed by atoms with Crippen molar-refractivity contribution in [3.63, 3.8) is 0 Å². The first kappa shape index (κ1) is 21.3. The van der Waals surface area contributed by atoms with E-state index in [4.69, 9.17) is 0 Å². The molecular weight excluding hydrogens is 338 g/mol. The highest BCUT2D eigenvalue weighted by molar-refractivity contribution is 5.79. The summed E-state index contributed by atoms with van der Waals surface area (Å²) in [5.74, 6) is 0.136. The molecule has 150 valence electrons. The number of carbonyl (C=O) groups is 2. The first-order chi connectivity index (χ1) is 12.5. The second kappa shape index (κ2) is 8.32. The van der Waals surface area contributed by atoms with E-state index < -0.39 is 0 Å². The number of nitrogens with zero attached hydrogens (tertiary/aromatic N) is 2. The van der Waals surface area contributed by atoms with Gasteiger partial charge < -0.3 is 15.1 Å². The normalized spacial score (nSPS) is 16.1.